The molecule has 0 radical (unpaired) electrons. The summed E-state index contributed by atoms with van der Waals surface area (Å²) < 4.78 is 0. The fraction of sp³-hybridized carbons (Fsp3) is 0.650. The van der Waals surface area contributed by atoms with Crippen molar-refractivity contribution in [1.29, 1.82) is 0 Å². The smallest absolute Gasteiger partial charge is 0.222 e. The van der Waals surface area contributed by atoms with Crippen molar-refractivity contribution in [3.63, 3.8) is 0 Å². The van der Waals surface area contributed by atoms with Gasteiger partial charge in [-0.3, -0.25) is 9.69 Å². The van der Waals surface area contributed by atoms with Gasteiger partial charge in [0.05, 0.1) is 0 Å². The first-order chi connectivity index (χ1) is 11.6. The zero-order chi connectivity index (χ0) is 16.9. The van der Waals surface area contributed by atoms with Gasteiger partial charge in [-0.1, -0.05) is 38.1 Å². The van der Waals surface area contributed by atoms with Crippen LogP contribution in [0.15, 0.2) is 24.3 Å². The molecule has 2 fully saturated rings. The summed E-state index contributed by atoms with van der Waals surface area (Å²) >= 11 is 0. The number of likely N-dealkylation sites (tertiary alicyclic amines) is 1. The predicted molar refractivity (Wildman–Crippen MR) is 98.3 cm³/mol. The molecule has 2 aliphatic rings. The van der Waals surface area contributed by atoms with E-state index in [1.165, 1.54) is 11.1 Å². The van der Waals surface area contributed by atoms with E-state index in [1.807, 2.05) is 0 Å². The molecular weight excluding hydrogens is 298 g/mol. The molecule has 1 unspecified atom stereocenters. The highest BCUT2D eigenvalue weighted by atomic mass is 16.2. The van der Waals surface area contributed by atoms with E-state index in [4.69, 9.17) is 0 Å². The molecule has 2 aliphatic heterocycles. The predicted octanol–water partition coefficient (Wildman–Crippen LogP) is 2.25. The summed E-state index contributed by atoms with van der Waals surface area (Å²) in [6.07, 6.45) is 2.62. The Morgan fingerprint density at radius 3 is 2.54 bits per heavy atom. The monoisotopic (exact) mass is 329 g/mol. The van der Waals surface area contributed by atoms with Gasteiger partial charge in [-0.05, 0) is 29.9 Å². The summed E-state index contributed by atoms with van der Waals surface area (Å²) in [5.41, 5.74) is 2.63. The zero-order valence-corrected chi connectivity index (χ0v) is 15.1. The Labute approximate surface area is 146 Å². The normalized spacial score (nSPS) is 22.3. The lowest BCUT2D eigenvalue weighted by Gasteiger charge is -2.32. The number of carbonyl (C=O) groups excluding carboxylic acids is 1. The first kappa shape index (κ1) is 17.4. The van der Waals surface area contributed by atoms with Crippen molar-refractivity contribution in [3.05, 3.63) is 35.4 Å². The van der Waals surface area contributed by atoms with Crippen molar-refractivity contribution in [1.82, 2.24) is 15.1 Å². The highest BCUT2D eigenvalue weighted by Gasteiger charge is 2.30. The topological polar surface area (TPSA) is 35.6 Å². The number of nitrogens with zero attached hydrogens (tertiary/aromatic N) is 2. The average Bonchev–Trinajstić information content (AvgIpc) is 3.11. The minimum Gasteiger partial charge on any atom is -0.341 e. The second-order valence-electron chi connectivity index (χ2n) is 7.46. The van der Waals surface area contributed by atoms with Crippen molar-refractivity contribution in [2.45, 2.75) is 45.1 Å². The maximum Gasteiger partial charge on any atom is 0.222 e. The van der Waals surface area contributed by atoms with Crippen molar-refractivity contribution in [2.75, 3.05) is 39.3 Å². The Morgan fingerprint density at radius 2 is 1.88 bits per heavy atom. The molecule has 132 valence electrons. The van der Waals surface area contributed by atoms with Crippen LogP contribution in [-0.2, 0) is 11.2 Å². The lowest BCUT2D eigenvalue weighted by atomic mass is 10.0. The number of piperazine rings is 1. The van der Waals surface area contributed by atoms with E-state index in [2.05, 4.69) is 53.2 Å². The summed E-state index contributed by atoms with van der Waals surface area (Å²) in [4.78, 5) is 17.1. The van der Waals surface area contributed by atoms with Gasteiger partial charge in [-0.15, -0.1) is 0 Å². The van der Waals surface area contributed by atoms with Crippen LogP contribution in [0.3, 0.4) is 0 Å². The number of hydrogen-bond acceptors (Lipinski definition) is 3. The quantitative estimate of drug-likeness (QED) is 0.900. The highest BCUT2D eigenvalue weighted by Crippen LogP contribution is 2.19. The van der Waals surface area contributed by atoms with Crippen LogP contribution in [-0.4, -0.2) is 61.0 Å². The molecule has 0 saturated carbocycles. The molecule has 1 atom stereocenters. The summed E-state index contributed by atoms with van der Waals surface area (Å²) in [6, 6.07) is 9.31. The second-order valence-corrected chi connectivity index (χ2v) is 7.46. The zero-order valence-electron chi connectivity index (χ0n) is 15.1. The third-order valence-electron chi connectivity index (χ3n) is 5.46. The van der Waals surface area contributed by atoms with Gasteiger partial charge in [0, 0.05) is 51.7 Å². The van der Waals surface area contributed by atoms with Gasteiger partial charge in [-0.2, -0.15) is 0 Å². The number of carbonyl (C=O) groups is 1. The Kier molecular flexibility index (Phi) is 5.90. The maximum absolute atomic E-state index is 12.5. The van der Waals surface area contributed by atoms with Crippen LogP contribution in [0.1, 0.15) is 43.7 Å². The summed E-state index contributed by atoms with van der Waals surface area (Å²) in [5, 5.41) is 3.40. The largest absolute Gasteiger partial charge is 0.341 e. The van der Waals surface area contributed by atoms with Crippen LogP contribution in [0, 0.1) is 0 Å². The second kappa shape index (κ2) is 8.13. The van der Waals surface area contributed by atoms with Crippen LogP contribution < -0.4 is 5.32 Å². The van der Waals surface area contributed by atoms with Crippen LogP contribution in [0.5, 0.6) is 0 Å². The van der Waals surface area contributed by atoms with E-state index in [-0.39, 0.29) is 0 Å². The van der Waals surface area contributed by atoms with Gasteiger partial charge in [-0.25, -0.2) is 0 Å². The third kappa shape index (κ3) is 4.37. The number of rotatable bonds is 5. The van der Waals surface area contributed by atoms with Crippen molar-refractivity contribution in [3.8, 4) is 0 Å². The van der Waals surface area contributed by atoms with E-state index in [0.717, 1.165) is 52.1 Å². The molecule has 4 nitrogen and oxygen atoms in total. The van der Waals surface area contributed by atoms with Gasteiger partial charge in [0.15, 0.2) is 0 Å². The minimum absolute atomic E-state index is 0.320. The lowest BCUT2D eigenvalue weighted by Crippen LogP contribution is -2.49. The third-order valence-corrected chi connectivity index (χ3v) is 5.46. The molecule has 0 aromatic heterocycles. The minimum atomic E-state index is 0.320. The molecule has 24 heavy (non-hydrogen) atoms. The molecule has 1 amide bonds. The first-order valence-corrected chi connectivity index (χ1v) is 9.45. The Morgan fingerprint density at radius 1 is 1.17 bits per heavy atom. The van der Waals surface area contributed by atoms with Crippen LogP contribution >= 0.6 is 0 Å². The Hall–Kier alpha value is -1.39. The van der Waals surface area contributed by atoms with Crippen LogP contribution in [0.25, 0.3) is 0 Å². The summed E-state index contributed by atoms with van der Waals surface area (Å²) in [7, 11) is 0. The van der Waals surface area contributed by atoms with E-state index >= 15 is 0 Å². The van der Waals surface area contributed by atoms with E-state index in [1.54, 1.807) is 0 Å². The van der Waals surface area contributed by atoms with Gasteiger partial charge in [0.2, 0.25) is 5.91 Å². The van der Waals surface area contributed by atoms with E-state index < -0.39 is 0 Å². The number of aryl methyl sites for hydroxylation is 1. The molecular formula is C20H31N3O. The fourth-order valence-electron chi connectivity index (χ4n) is 3.79. The average molecular weight is 329 g/mol. The molecule has 3 rings (SSSR count). The van der Waals surface area contributed by atoms with Gasteiger partial charge in [0.25, 0.3) is 0 Å². The standard InChI is InChI=1S/C20H31N3O/c1-16(2)18-6-3-17(4-7-18)5-8-20(24)23-12-9-19(15-23)22-13-10-21-11-14-22/h3-4,6-7,16,19,21H,5,8-15H2,1-2H3. The van der Waals surface area contributed by atoms with Crippen molar-refractivity contribution in [2.24, 2.45) is 0 Å². The van der Waals surface area contributed by atoms with Gasteiger partial charge < -0.3 is 10.2 Å². The van der Waals surface area contributed by atoms with Crippen molar-refractivity contribution >= 4 is 5.91 Å². The molecule has 0 bridgehead atoms. The molecule has 0 aliphatic carbocycles. The molecule has 4 heteroatoms. The highest BCUT2D eigenvalue weighted by molar-refractivity contribution is 5.76. The number of amides is 1. The maximum atomic E-state index is 12.5. The van der Waals surface area contributed by atoms with Gasteiger partial charge in [0.1, 0.15) is 0 Å². The summed E-state index contributed by atoms with van der Waals surface area (Å²) in [6.45, 7) is 10.7. The Bertz CT molecular complexity index is 534. The fourth-order valence-corrected chi connectivity index (χ4v) is 3.79. The van der Waals surface area contributed by atoms with E-state index in [9.17, 15) is 4.79 Å². The number of hydrogen-bond donors (Lipinski definition) is 1. The molecule has 0 spiro atoms. The van der Waals surface area contributed by atoms with Gasteiger partial charge >= 0.3 is 0 Å². The Balaban J connectivity index is 1.45. The summed E-state index contributed by atoms with van der Waals surface area (Å²) in [5.74, 6) is 0.882. The first-order valence-electron chi connectivity index (χ1n) is 9.45. The molecule has 1 N–H and O–H groups in total. The molecule has 2 saturated heterocycles. The van der Waals surface area contributed by atoms with Crippen LogP contribution in [0.2, 0.25) is 0 Å². The van der Waals surface area contributed by atoms with E-state index in [0.29, 0.717) is 24.3 Å². The number of benzene rings is 1. The SMILES string of the molecule is CC(C)c1ccc(CCC(=O)N2CCC(N3CCNCC3)C2)cc1. The molecule has 2 heterocycles. The van der Waals surface area contributed by atoms with Crippen LogP contribution in [0.4, 0.5) is 0 Å². The van der Waals surface area contributed by atoms with Crippen molar-refractivity contribution < 1.29 is 4.79 Å². The molecule has 1 aromatic carbocycles. The molecule has 1 aromatic rings. The number of nitrogens with one attached hydrogen (secondary N) is 1. The lowest BCUT2D eigenvalue weighted by molar-refractivity contribution is -0.130.